The van der Waals surface area contributed by atoms with E-state index in [1.807, 2.05) is 20.0 Å². The molecule has 0 amide bonds. The van der Waals surface area contributed by atoms with Gasteiger partial charge < -0.3 is 5.32 Å². The first-order valence-corrected chi connectivity index (χ1v) is 8.17. The van der Waals surface area contributed by atoms with Crippen LogP contribution in [0.15, 0.2) is 30.5 Å². The molecule has 2 N–H and O–H groups in total. The van der Waals surface area contributed by atoms with Crippen LogP contribution in [-0.4, -0.2) is 24.5 Å². The largest absolute Gasteiger partial charge is 0.377 e. The van der Waals surface area contributed by atoms with Gasteiger partial charge in [0.2, 0.25) is 10.0 Å². The Bertz CT molecular complexity index is 742. The Morgan fingerprint density at radius 2 is 2.05 bits per heavy atom. The zero-order valence-electron chi connectivity index (χ0n) is 12.0. The van der Waals surface area contributed by atoms with Gasteiger partial charge in [-0.2, -0.15) is 5.10 Å². The van der Waals surface area contributed by atoms with Crippen molar-refractivity contribution in [3.63, 3.8) is 0 Å². The van der Waals surface area contributed by atoms with Crippen molar-refractivity contribution in [1.29, 1.82) is 0 Å². The van der Waals surface area contributed by atoms with E-state index in [4.69, 9.17) is 0 Å². The third kappa shape index (κ3) is 3.94. The lowest BCUT2D eigenvalue weighted by Gasteiger charge is -2.16. The summed E-state index contributed by atoms with van der Waals surface area (Å²) in [5.74, 6) is -0.626. The van der Waals surface area contributed by atoms with Gasteiger partial charge in [0.15, 0.2) is 0 Å². The van der Waals surface area contributed by atoms with Gasteiger partial charge in [0.1, 0.15) is 5.82 Å². The molecule has 0 bridgehead atoms. The average molecular weight is 312 g/mol. The molecule has 0 saturated heterocycles. The molecular formula is C13H17FN4O2S. The molecule has 21 heavy (non-hydrogen) atoms. The van der Waals surface area contributed by atoms with Crippen molar-refractivity contribution in [3.8, 4) is 0 Å². The van der Waals surface area contributed by atoms with Gasteiger partial charge in [0, 0.05) is 18.9 Å². The first kappa shape index (κ1) is 15.3. The minimum atomic E-state index is -3.53. The molecule has 0 spiro atoms. The lowest BCUT2D eigenvalue weighted by Crippen LogP contribution is -2.13. The van der Waals surface area contributed by atoms with Crippen molar-refractivity contribution >= 4 is 21.4 Å². The van der Waals surface area contributed by atoms with Gasteiger partial charge in [-0.1, -0.05) is 0 Å². The first-order chi connectivity index (χ1) is 9.76. The van der Waals surface area contributed by atoms with E-state index >= 15 is 0 Å². The number of aryl methyl sites for hydroxylation is 1. The predicted molar refractivity (Wildman–Crippen MR) is 80.1 cm³/mol. The minimum Gasteiger partial charge on any atom is -0.377 e. The highest BCUT2D eigenvalue weighted by molar-refractivity contribution is 7.92. The van der Waals surface area contributed by atoms with E-state index in [9.17, 15) is 12.8 Å². The van der Waals surface area contributed by atoms with Crippen LogP contribution < -0.4 is 10.0 Å². The zero-order valence-corrected chi connectivity index (χ0v) is 12.8. The molecule has 0 aliphatic heterocycles. The Morgan fingerprint density at radius 3 is 2.62 bits per heavy atom. The summed E-state index contributed by atoms with van der Waals surface area (Å²) in [6.07, 6.45) is 2.67. The van der Waals surface area contributed by atoms with Crippen LogP contribution >= 0.6 is 0 Å². The van der Waals surface area contributed by atoms with E-state index < -0.39 is 15.8 Å². The van der Waals surface area contributed by atoms with Crippen molar-refractivity contribution in [2.24, 2.45) is 7.05 Å². The number of nitrogens with one attached hydrogen (secondary N) is 2. The van der Waals surface area contributed by atoms with Gasteiger partial charge in [0.25, 0.3) is 0 Å². The Labute approximate surface area is 123 Å². The third-order valence-electron chi connectivity index (χ3n) is 2.95. The van der Waals surface area contributed by atoms with E-state index in [1.165, 1.54) is 12.1 Å². The van der Waals surface area contributed by atoms with Crippen LogP contribution in [0.1, 0.15) is 18.7 Å². The Hall–Kier alpha value is -2.09. The Kier molecular flexibility index (Phi) is 4.17. The second-order valence-corrected chi connectivity index (χ2v) is 6.56. The normalized spacial score (nSPS) is 13.0. The minimum absolute atomic E-state index is 0.0611. The van der Waals surface area contributed by atoms with Crippen LogP contribution in [0, 0.1) is 5.82 Å². The van der Waals surface area contributed by atoms with Crippen LogP contribution in [0.4, 0.5) is 15.8 Å². The van der Waals surface area contributed by atoms with Gasteiger partial charge >= 0.3 is 0 Å². The van der Waals surface area contributed by atoms with Crippen molar-refractivity contribution in [2.75, 3.05) is 16.3 Å². The van der Waals surface area contributed by atoms with Gasteiger partial charge in [-0.15, -0.1) is 0 Å². The fourth-order valence-corrected chi connectivity index (χ4v) is 2.58. The van der Waals surface area contributed by atoms with Crippen molar-refractivity contribution in [3.05, 3.63) is 42.0 Å². The van der Waals surface area contributed by atoms with Gasteiger partial charge in [-0.25, -0.2) is 12.8 Å². The number of benzene rings is 1. The topological polar surface area (TPSA) is 76.0 Å². The van der Waals surface area contributed by atoms with E-state index in [-0.39, 0.29) is 11.7 Å². The average Bonchev–Trinajstić information content (AvgIpc) is 2.78. The molecule has 0 aliphatic rings. The summed E-state index contributed by atoms with van der Waals surface area (Å²) in [7, 11) is -1.70. The van der Waals surface area contributed by atoms with Crippen LogP contribution in [0.3, 0.4) is 0 Å². The lowest BCUT2D eigenvalue weighted by molar-refractivity contribution is 0.603. The van der Waals surface area contributed by atoms with Crippen LogP contribution in [0.25, 0.3) is 0 Å². The smallest absolute Gasteiger partial charge is 0.229 e. The maximum absolute atomic E-state index is 13.6. The van der Waals surface area contributed by atoms with Gasteiger partial charge in [-0.3, -0.25) is 9.40 Å². The van der Waals surface area contributed by atoms with Gasteiger partial charge in [-0.05, 0) is 31.2 Å². The highest BCUT2D eigenvalue weighted by Gasteiger charge is 2.12. The van der Waals surface area contributed by atoms with E-state index in [0.717, 1.165) is 11.9 Å². The summed E-state index contributed by atoms with van der Waals surface area (Å²) in [6.45, 7) is 1.93. The standard InChI is InChI=1S/C13H17FN4O2S/c1-9(13-6-7-15-18(13)2)16-10-4-5-11(14)12(8-10)17-21(3,19)20/h4-9,16-17H,1-3H3. The second-order valence-electron chi connectivity index (χ2n) is 4.81. The first-order valence-electron chi connectivity index (χ1n) is 6.28. The third-order valence-corrected chi connectivity index (χ3v) is 3.54. The van der Waals surface area contributed by atoms with Crippen molar-refractivity contribution in [2.45, 2.75) is 13.0 Å². The summed E-state index contributed by atoms with van der Waals surface area (Å²) in [4.78, 5) is 0. The maximum Gasteiger partial charge on any atom is 0.229 e. The van der Waals surface area contributed by atoms with Crippen molar-refractivity contribution in [1.82, 2.24) is 9.78 Å². The number of halogens is 1. The number of aromatic nitrogens is 2. The number of nitrogens with zero attached hydrogens (tertiary/aromatic N) is 2. The van der Waals surface area contributed by atoms with Crippen LogP contribution in [0.2, 0.25) is 0 Å². The Morgan fingerprint density at radius 1 is 1.33 bits per heavy atom. The van der Waals surface area contributed by atoms with E-state index in [0.29, 0.717) is 5.69 Å². The summed E-state index contributed by atoms with van der Waals surface area (Å²) in [6, 6.07) is 6.00. The molecule has 0 saturated carbocycles. The summed E-state index contributed by atoms with van der Waals surface area (Å²) < 4.78 is 39.9. The molecule has 6 nitrogen and oxygen atoms in total. The second kappa shape index (κ2) is 5.72. The zero-order chi connectivity index (χ0) is 15.6. The SMILES string of the molecule is CC(Nc1ccc(F)c(NS(C)(=O)=O)c1)c1ccnn1C. The summed E-state index contributed by atoms with van der Waals surface area (Å²) in [5.41, 5.74) is 1.48. The molecule has 1 aromatic carbocycles. The number of anilines is 2. The molecule has 1 unspecified atom stereocenters. The Balaban J connectivity index is 2.21. The van der Waals surface area contributed by atoms with E-state index in [2.05, 4.69) is 15.1 Å². The number of sulfonamides is 1. The monoisotopic (exact) mass is 312 g/mol. The quantitative estimate of drug-likeness (QED) is 0.886. The highest BCUT2D eigenvalue weighted by Crippen LogP contribution is 2.24. The van der Waals surface area contributed by atoms with E-state index in [1.54, 1.807) is 16.9 Å². The van der Waals surface area contributed by atoms with Gasteiger partial charge in [0.05, 0.1) is 23.7 Å². The predicted octanol–water partition coefficient (Wildman–Crippen LogP) is 2.10. The molecule has 2 rings (SSSR count). The molecule has 2 aromatic rings. The van der Waals surface area contributed by atoms with Crippen LogP contribution in [0.5, 0.6) is 0 Å². The fraction of sp³-hybridized carbons (Fsp3) is 0.308. The van der Waals surface area contributed by atoms with Crippen LogP contribution in [-0.2, 0) is 17.1 Å². The molecule has 8 heteroatoms. The maximum atomic E-state index is 13.6. The molecule has 1 heterocycles. The number of hydrogen-bond acceptors (Lipinski definition) is 4. The van der Waals surface area contributed by atoms with Crippen molar-refractivity contribution < 1.29 is 12.8 Å². The number of rotatable bonds is 5. The molecule has 1 atom stereocenters. The lowest BCUT2D eigenvalue weighted by atomic mass is 10.2. The fourth-order valence-electron chi connectivity index (χ4n) is 2.03. The summed E-state index contributed by atoms with van der Waals surface area (Å²) in [5, 5.41) is 7.26. The molecule has 1 aromatic heterocycles. The highest BCUT2D eigenvalue weighted by atomic mass is 32.2. The number of hydrogen-bond donors (Lipinski definition) is 2. The molecule has 0 aliphatic carbocycles. The molecule has 114 valence electrons. The summed E-state index contributed by atoms with van der Waals surface area (Å²) >= 11 is 0. The molecular weight excluding hydrogens is 295 g/mol. The molecule has 0 radical (unpaired) electrons. The molecule has 0 fully saturated rings.